The maximum absolute atomic E-state index is 12.4. The highest BCUT2D eigenvalue weighted by molar-refractivity contribution is 6.30. The van der Waals surface area contributed by atoms with E-state index in [9.17, 15) is 9.59 Å². The van der Waals surface area contributed by atoms with Gasteiger partial charge in [0.15, 0.2) is 0 Å². The molecule has 4 nitrogen and oxygen atoms in total. The van der Waals surface area contributed by atoms with Crippen LogP contribution in [-0.4, -0.2) is 17.9 Å². The Morgan fingerprint density at radius 2 is 1.72 bits per heavy atom. The van der Waals surface area contributed by atoms with E-state index in [0.29, 0.717) is 5.02 Å². The van der Waals surface area contributed by atoms with Crippen molar-refractivity contribution in [2.45, 2.75) is 32.9 Å². The lowest BCUT2D eigenvalue weighted by Gasteiger charge is -2.21. The second-order valence-corrected chi connectivity index (χ2v) is 6.63. The number of hydrogen-bond acceptors (Lipinski definition) is 3. The van der Waals surface area contributed by atoms with Crippen molar-refractivity contribution in [2.75, 3.05) is 0 Å². The van der Waals surface area contributed by atoms with E-state index in [1.165, 1.54) is 0 Å². The summed E-state index contributed by atoms with van der Waals surface area (Å²) in [5.74, 6) is -0.729. The number of nitrogens with one attached hydrogen (secondary N) is 1. The molecule has 5 heteroatoms. The van der Waals surface area contributed by atoms with Crippen molar-refractivity contribution in [3.8, 4) is 0 Å². The number of benzene rings is 2. The summed E-state index contributed by atoms with van der Waals surface area (Å²) in [4.78, 5) is 24.6. The van der Waals surface area contributed by atoms with E-state index in [1.54, 1.807) is 18.2 Å². The summed E-state index contributed by atoms with van der Waals surface area (Å²) < 4.78 is 5.35. The molecule has 2 aromatic rings. The molecule has 0 bridgehead atoms. The lowest BCUT2D eigenvalue weighted by Crippen LogP contribution is -2.45. The van der Waals surface area contributed by atoms with Crippen LogP contribution in [0.5, 0.6) is 0 Å². The van der Waals surface area contributed by atoms with E-state index in [1.807, 2.05) is 50.2 Å². The van der Waals surface area contributed by atoms with Crippen molar-refractivity contribution in [3.05, 3.63) is 70.7 Å². The van der Waals surface area contributed by atoms with Crippen LogP contribution in [0.3, 0.4) is 0 Å². The van der Waals surface area contributed by atoms with Gasteiger partial charge in [-0.25, -0.2) is 4.79 Å². The fourth-order valence-electron chi connectivity index (χ4n) is 2.37. The van der Waals surface area contributed by atoms with Crippen LogP contribution in [0.1, 0.15) is 25.0 Å². The van der Waals surface area contributed by atoms with Gasteiger partial charge >= 0.3 is 5.97 Å². The van der Waals surface area contributed by atoms with E-state index in [0.717, 1.165) is 11.1 Å². The van der Waals surface area contributed by atoms with Crippen LogP contribution in [0.25, 0.3) is 0 Å². The number of esters is 1. The van der Waals surface area contributed by atoms with Gasteiger partial charge in [0.1, 0.15) is 12.6 Å². The number of hydrogen-bond donors (Lipinski definition) is 1. The van der Waals surface area contributed by atoms with Crippen molar-refractivity contribution in [1.29, 1.82) is 0 Å². The minimum Gasteiger partial charge on any atom is -0.459 e. The topological polar surface area (TPSA) is 55.4 Å². The highest BCUT2D eigenvalue weighted by atomic mass is 35.5. The summed E-state index contributed by atoms with van der Waals surface area (Å²) in [5.41, 5.74) is 1.70. The van der Waals surface area contributed by atoms with Crippen molar-refractivity contribution in [1.82, 2.24) is 5.32 Å². The molecular weight excluding hydrogens is 338 g/mol. The standard InChI is InChI=1S/C20H22ClNO3/c1-14(2)19(22-18(23)12-15-7-4-3-5-8-15)20(24)25-13-16-9-6-10-17(21)11-16/h3-11,14,19H,12-13H2,1-2H3,(H,22,23)/t19-/m0/s1. The normalized spacial score (nSPS) is 11.8. The zero-order valence-electron chi connectivity index (χ0n) is 14.4. The zero-order valence-corrected chi connectivity index (χ0v) is 15.1. The lowest BCUT2D eigenvalue weighted by molar-refractivity contribution is -0.150. The molecule has 1 N–H and O–H groups in total. The quantitative estimate of drug-likeness (QED) is 0.766. The van der Waals surface area contributed by atoms with Gasteiger partial charge in [-0.15, -0.1) is 0 Å². The van der Waals surface area contributed by atoms with E-state index >= 15 is 0 Å². The van der Waals surface area contributed by atoms with E-state index in [2.05, 4.69) is 5.32 Å². The molecule has 0 heterocycles. The third-order valence-corrected chi connectivity index (χ3v) is 3.95. The molecule has 0 fully saturated rings. The highest BCUT2D eigenvalue weighted by Gasteiger charge is 2.25. The molecule has 2 rings (SSSR count). The van der Waals surface area contributed by atoms with E-state index in [-0.39, 0.29) is 24.9 Å². The molecule has 25 heavy (non-hydrogen) atoms. The number of carbonyl (C=O) groups excluding carboxylic acids is 2. The Kier molecular flexibility index (Phi) is 7.02. The van der Waals surface area contributed by atoms with Gasteiger partial charge in [-0.1, -0.05) is 67.9 Å². The average Bonchev–Trinajstić information content (AvgIpc) is 2.58. The fourth-order valence-corrected chi connectivity index (χ4v) is 2.59. The Labute approximate surface area is 153 Å². The van der Waals surface area contributed by atoms with Gasteiger partial charge in [0.25, 0.3) is 0 Å². The summed E-state index contributed by atoms with van der Waals surface area (Å²) in [7, 11) is 0. The van der Waals surface area contributed by atoms with Gasteiger partial charge in [0, 0.05) is 5.02 Å². The monoisotopic (exact) mass is 359 g/mol. The SMILES string of the molecule is CC(C)[C@H](NC(=O)Cc1ccccc1)C(=O)OCc1cccc(Cl)c1. The first-order chi connectivity index (χ1) is 12.0. The van der Waals surface area contributed by atoms with E-state index < -0.39 is 12.0 Å². The molecule has 0 spiro atoms. The molecule has 0 aliphatic rings. The summed E-state index contributed by atoms with van der Waals surface area (Å²) in [6.45, 7) is 3.86. The zero-order chi connectivity index (χ0) is 18.2. The Balaban J connectivity index is 1.92. The highest BCUT2D eigenvalue weighted by Crippen LogP contribution is 2.13. The maximum atomic E-state index is 12.4. The molecular formula is C20H22ClNO3. The number of amides is 1. The minimum atomic E-state index is -0.685. The summed E-state index contributed by atoms with van der Waals surface area (Å²) in [6.07, 6.45) is 0.228. The van der Waals surface area contributed by atoms with Crippen LogP contribution in [0.2, 0.25) is 5.02 Å². The predicted octanol–water partition coefficient (Wildman–Crippen LogP) is 3.77. The first-order valence-corrected chi connectivity index (χ1v) is 8.58. The number of carbonyl (C=O) groups is 2. The first kappa shape index (κ1) is 19.0. The minimum absolute atomic E-state index is 0.0772. The second-order valence-electron chi connectivity index (χ2n) is 6.19. The lowest BCUT2D eigenvalue weighted by atomic mass is 10.0. The third kappa shape index (κ3) is 6.24. The van der Waals surface area contributed by atoms with Gasteiger partial charge in [-0.2, -0.15) is 0 Å². The van der Waals surface area contributed by atoms with Gasteiger partial charge < -0.3 is 10.1 Å². The van der Waals surface area contributed by atoms with Crippen LogP contribution >= 0.6 is 11.6 Å². The molecule has 132 valence electrons. The predicted molar refractivity (Wildman–Crippen MR) is 98.2 cm³/mol. The molecule has 0 radical (unpaired) electrons. The van der Waals surface area contributed by atoms with Crippen LogP contribution in [0.4, 0.5) is 0 Å². The molecule has 2 aromatic carbocycles. The summed E-state index contributed by atoms with van der Waals surface area (Å²) in [5, 5.41) is 3.36. The van der Waals surface area contributed by atoms with Crippen LogP contribution < -0.4 is 5.32 Å². The smallest absolute Gasteiger partial charge is 0.329 e. The Bertz CT molecular complexity index is 716. The molecule has 0 aliphatic carbocycles. The van der Waals surface area contributed by atoms with Crippen LogP contribution in [0, 0.1) is 5.92 Å². The van der Waals surface area contributed by atoms with Gasteiger partial charge in [0.2, 0.25) is 5.91 Å². The largest absolute Gasteiger partial charge is 0.459 e. The van der Waals surface area contributed by atoms with E-state index in [4.69, 9.17) is 16.3 Å². The molecule has 0 aliphatic heterocycles. The molecule has 1 atom stereocenters. The second kappa shape index (κ2) is 9.23. The van der Waals surface area contributed by atoms with Crippen molar-refractivity contribution in [3.63, 3.8) is 0 Å². The number of halogens is 1. The Hall–Kier alpha value is -2.33. The van der Waals surface area contributed by atoms with Crippen molar-refractivity contribution >= 4 is 23.5 Å². The van der Waals surface area contributed by atoms with Crippen molar-refractivity contribution < 1.29 is 14.3 Å². The number of ether oxygens (including phenoxy) is 1. The molecule has 1 amide bonds. The van der Waals surface area contributed by atoms with Crippen LogP contribution in [0.15, 0.2) is 54.6 Å². The van der Waals surface area contributed by atoms with Crippen LogP contribution in [-0.2, 0) is 27.4 Å². The fraction of sp³-hybridized carbons (Fsp3) is 0.300. The number of rotatable bonds is 7. The van der Waals surface area contributed by atoms with Gasteiger partial charge in [-0.3, -0.25) is 4.79 Å². The average molecular weight is 360 g/mol. The molecule has 0 saturated carbocycles. The summed E-state index contributed by atoms with van der Waals surface area (Å²) in [6, 6.07) is 15.8. The Morgan fingerprint density at radius 3 is 2.36 bits per heavy atom. The maximum Gasteiger partial charge on any atom is 0.329 e. The molecule has 0 unspecified atom stereocenters. The molecule has 0 saturated heterocycles. The van der Waals surface area contributed by atoms with Gasteiger partial charge in [0.05, 0.1) is 6.42 Å². The molecule has 0 aromatic heterocycles. The first-order valence-electron chi connectivity index (χ1n) is 8.20. The summed E-state index contributed by atoms with van der Waals surface area (Å²) >= 11 is 5.92. The Morgan fingerprint density at radius 1 is 1.04 bits per heavy atom. The third-order valence-electron chi connectivity index (χ3n) is 3.71. The van der Waals surface area contributed by atoms with Gasteiger partial charge in [-0.05, 0) is 29.2 Å². The van der Waals surface area contributed by atoms with Crippen molar-refractivity contribution in [2.24, 2.45) is 5.92 Å².